The molecular weight excluding hydrogens is 384 g/mol. The number of anilines is 1. The first kappa shape index (κ1) is 18.3. The van der Waals surface area contributed by atoms with Crippen molar-refractivity contribution in [1.29, 1.82) is 0 Å². The predicted octanol–water partition coefficient (Wildman–Crippen LogP) is 3.56. The van der Waals surface area contributed by atoms with Crippen molar-refractivity contribution >= 4 is 33.2 Å². The summed E-state index contributed by atoms with van der Waals surface area (Å²) in [7, 11) is -3.20. The summed E-state index contributed by atoms with van der Waals surface area (Å²) in [5.41, 5.74) is 3.59. The summed E-state index contributed by atoms with van der Waals surface area (Å²) in [5.74, 6) is -0.00890. The number of hydrogen-bond acceptors (Lipinski definition) is 3. The summed E-state index contributed by atoms with van der Waals surface area (Å²) in [5, 5.41) is 0.577. The number of carbonyl (C=O) groups excluding carboxylic acids is 1. The molecule has 2 atom stereocenters. The molecule has 142 valence electrons. The molecule has 7 heteroatoms. The summed E-state index contributed by atoms with van der Waals surface area (Å²) in [4.78, 5) is 16.7. The Morgan fingerprint density at radius 3 is 2.52 bits per heavy atom. The van der Waals surface area contributed by atoms with Gasteiger partial charge in [-0.25, -0.2) is 13.2 Å². The molecule has 2 saturated heterocycles. The van der Waals surface area contributed by atoms with E-state index in [-0.39, 0.29) is 29.6 Å². The van der Waals surface area contributed by atoms with E-state index in [2.05, 4.69) is 0 Å². The molecule has 0 N–H and O–H groups in total. The van der Waals surface area contributed by atoms with E-state index in [1.165, 1.54) is 0 Å². The highest BCUT2D eigenvalue weighted by Gasteiger charge is 2.54. The Hall–Kier alpha value is -2.05. The highest BCUT2D eigenvalue weighted by molar-refractivity contribution is 7.91. The second-order valence-electron chi connectivity index (χ2n) is 7.37. The van der Waals surface area contributed by atoms with Crippen LogP contribution < -0.4 is 4.90 Å². The standard InChI is InChI=1S/C20H21ClN2O3S/c1-13-7-8-14(2)17(9-13)23-19-12-27(25,26)11-18(19)22(20(23)24)10-15-5-3-4-6-16(15)21/h3-9,18-19H,10-12H2,1-2H3/t18-,19-/m0/s1. The molecule has 4 rings (SSSR count). The Morgan fingerprint density at radius 1 is 1.07 bits per heavy atom. The van der Waals surface area contributed by atoms with Gasteiger partial charge in [0.2, 0.25) is 0 Å². The Kier molecular flexibility index (Phi) is 4.43. The summed E-state index contributed by atoms with van der Waals surface area (Å²) in [6.07, 6.45) is 0. The largest absolute Gasteiger partial charge is 0.325 e. The Morgan fingerprint density at radius 2 is 1.78 bits per heavy atom. The Balaban J connectivity index is 1.76. The first-order chi connectivity index (χ1) is 12.8. The van der Waals surface area contributed by atoms with Crippen LogP contribution in [0.3, 0.4) is 0 Å². The maximum atomic E-state index is 13.3. The maximum Gasteiger partial charge on any atom is 0.325 e. The van der Waals surface area contributed by atoms with Gasteiger partial charge in [-0.1, -0.05) is 41.9 Å². The third-order valence-corrected chi connectivity index (χ3v) is 7.47. The van der Waals surface area contributed by atoms with Crippen molar-refractivity contribution in [2.45, 2.75) is 32.5 Å². The molecule has 0 saturated carbocycles. The van der Waals surface area contributed by atoms with Crippen molar-refractivity contribution in [3.63, 3.8) is 0 Å². The van der Waals surface area contributed by atoms with Gasteiger partial charge < -0.3 is 4.90 Å². The van der Waals surface area contributed by atoms with Crippen LogP contribution >= 0.6 is 11.6 Å². The molecule has 0 radical (unpaired) electrons. The minimum Gasteiger partial charge on any atom is -0.314 e. The summed E-state index contributed by atoms with van der Waals surface area (Å²) in [6.45, 7) is 4.21. The first-order valence-corrected chi connectivity index (χ1v) is 11.1. The molecule has 2 aromatic carbocycles. The molecule has 27 heavy (non-hydrogen) atoms. The number of urea groups is 1. The van der Waals surface area contributed by atoms with E-state index < -0.39 is 9.84 Å². The number of benzene rings is 2. The van der Waals surface area contributed by atoms with E-state index in [0.717, 1.165) is 22.4 Å². The predicted molar refractivity (Wildman–Crippen MR) is 107 cm³/mol. The number of sulfone groups is 1. The van der Waals surface area contributed by atoms with Crippen LogP contribution in [0.25, 0.3) is 0 Å². The highest BCUT2D eigenvalue weighted by Crippen LogP contribution is 2.38. The topological polar surface area (TPSA) is 57.7 Å². The lowest BCUT2D eigenvalue weighted by molar-refractivity contribution is 0.206. The summed E-state index contributed by atoms with van der Waals surface area (Å²) in [6, 6.07) is 12.4. The van der Waals surface area contributed by atoms with Crippen molar-refractivity contribution in [1.82, 2.24) is 4.90 Å². The molecule has 2 fully saturated rings. The molecule has 0 aromatic heterocycles. The van der Waals surface area contributed by atoms with Gasteiger partial charge in [0.15, 0.2) is 9.84 Å². The molecule has 2 aromatic rings. The van der Waals surface area contributed by atoms with Crippen LogP contribution in [0.1, 0.15) is 16.7 Å². The van der Waals surface area contributed by atoms with Crippen LogP contribution in [0.2, 0.25) is 5.02 Å². The van der Waals surface area contributed by atoms with Crippen LogP contribution in [-0.2, 0) is 16.4 Å². The lowest BCUT2D eigenvalue weighted by Gasteiger charge is -2.24. The monoisotopic (exact) mass is 404 g/mol. The van der Waals surface area contributed by atoms with Gasteiger partial charge in [-0.2, -0.15) is 0 Å². The van der Waals surface area contributed by atoms with E-state index in [1.54, 1.807) is 15.9 Å². The third kappa shape index (κ3) is 3.21. The fraction of sp³-hybridized carbons (Fsp3) is 0.350. The van der Waals surface area contributed by atoms with E-state index in [4.69, 9.17) is 11.6 Å². The van der Waals surface area contributed by atoms with Gasteiger partial charge in [0, 0.05) is 17.3 Å². The van der Waals surface area contributed by atoms with E-state index in [1.807, 2.05) is 50.2 Å². The third-order valence-electron chi connectivity index (χ3n) is 5.40. The normalized spacial score (nSPS) is 23.7. The number of rotatable bonds is 3. The van der Waals surface area contributed by atoms with Crippen molar-refractivity contribution in [2.75, 3.05) is 16.4 Å². The van der Waals surface area contributed by atoms with E-state index in [9.17, 15) is 13.2 Å². The Bertz CT molecular complexity index is 1020. The average molecular weight is 405 g/mol. The van der Waals surface area contributed by atoms with Crippen LogP contribution in [0, 0.1) is 13.8 Å². The van der Waals surface area contributed by atoms with Gasteiger partial charge in [0.05, 0.1) is 23.6 Å². The molecule has 5 nitrogen and oxygen atoms in total. The maximum absolute atomic E-state index is 13.3. The lowest BCUT2D eigenvalue weighted by Crippen LogP contribution is -2.38. The molecule has 0 spiro atoms. The number of hydrogen-bond donors (Lipinski definition) is 0. The van der Waals surface area contributed by atoms with Gasteiger partial charge in [0.25, 0.3) is 0 Å². The van der Waals surface area contributed by atoms with Crippen LogP contribution in [0.15, 0.2) is 42.5 Å². The lowest BCUT2D eigenvalue weighted by atomic mass is 10.1. The number of nitrogens with zero attached hydrogens (tertiary/aromatic N) is 2. The van der Waals surface area contributed by atoms with E-state index in [0.29, 0.717) is 11.6 Å². The molecule has 0 unspecified atom stereocenters. The molecular formula is C20H21ClN2O3S. The van der Waals surface area contributed by atoms with Gasteiger partial charge >= 0.3 is 6.03 Å². The fourth-order valence-corrected chi connectivity index (χ4v) is 6.18. The zero-order chi connectivity index (χ0) is 19.3. The molecule has 0 bridgehead atoms. The SMILES string of the molecule is Cc1ccc(C)c(N2C(=O)N(Cc3ccccc3Cl)[C@H]3CS(=O)(=O)C[C@@H]32)c1. The smallest absolute Gasteiger partial charge is 0.314 e. The van der Waals surface area contributed by atoms with Crippen molar-refractivity contribution in [2.24, 2.45) is 0 Å². The highest BCUT2D eigenvalue weighted by atomic mass is 35.5. The minimum absolute atomic E-state index is 0.00416. The summed E-state index contributed by atoms with van der Waals surface area (Å²) >= 11 is 6.28. The number of carbonyl (C=O) groups is 1. The molecule has 2 aliphatic rings. The number of aryl methyl sites for hydroxylation is 2. The van der Waals surface area contributed by atoms with Gasteiger partial charge in [0.1, 0.15) is 0 Å². The number of fused-ring (bicyclic) bond motifs is 1. The second-order valence-corrected chi connectivity index (χ2v) is 9.93. The van der Waals surface area contributed by atoms with E-state index >= 15 is 0 Å². The number of halogens is 1. The van der Waals surface area contributed by atoms with Gasteiger partial charge in [-0.05, 0) is 42.7 Å². The first-order valence-electron chi connectivity index (χ1n) is 8.88. The minimum atomic E-state index is -3.20. The molecule has 2 amide bonds. The second kappa shape index (κ2) is 6.53. The van der Waals surface area contributed by atoms with Gasteiger partial charge in [-0.3, -0.25) is 4.90 Å². The quantitative estimate of drug-likeness (QED) is 0.735. The molecule has 2 aliphatic heterocycles. The van der Waals surface area contributed by atoms with Crippen LogP contribution in [0.4, 0.5) is 10.5 Å². The zero-order valence-electron chi connectivity index (χ0n) is 15.2. The number of amides is 2. The van der Waals surface area contributed by atoms with Crippen LogP contribution in [0.5, 0.6) is 0 Å². The average Bonchev–Trinajstić information content (AvgIpc) is 3.03. The zero-order valence-corrected chi connectivity index (χ0v) is 16.8. The molecule has 2 heterocycles. The molecule has 0 aliphatic carbocycles. The fourth-order valence-electron chi connectivity index (χ4n) is 4.03. The van der Waals surface area contributed by atoms with Crippen molar-refractivity contribution in [3.05, 3.63) is 64.2 Å². The van der Waals surface area contributed by atoms with Crippen molar-refractivity contribution < 1.29 is 13.2 Å². The van der Waals surface area contributed by atoms with Crippen molar-refractivity contribution in [3.8, 4) is 0 Å². The summed E-state index contributed by atoms with van der Waals surface area (Å²) < 4.78 is 24.7. The Labute approximate surface area is 164 Å². The van der Waals surface area contributed by atoms with Gasteiger partial charge in [-0.15, -0.1) is 0 Å². The van der Waals surface area contributed by atoms with Crippen LogP contribution in [-0.4, -0.2) is 42.9 Å².